The molecule has 0 spiro atoms. The molecule has 0 saturated carbocycles. The summed E-state index contributed by atoms with van der Waals surface area (Å²) >= 11 is 0. The molecule has 0 aliphatic heterocycles. The van der Waals surface area contributed by atoms with Crippen molar-refractivity contribution in [2.24, 2.45) is 0 Å². The van der Waals surface area contributed by atoms with Gasteiger partial charge < -0.3 is 33.5 Å². The van der Waals surface area contributed by atoms with E-state index in [1.807, 2.05) is 0 Å². The topological polar surface area (TPSA) is 86.8 Å². The van der Waals surface area contributed by atoms with Crippen LogP contribution in [0.25, 0.3) is 0 Å². The largest absolute Gasteiger partial charge is 0.500 e. The first-order valence-electron chi connectivity index (χ1n) is 7.81. The summed E-state index contributed by atoms with van der Waals surface area (Å²) < 4.78 is 25.1. The zero-order valence-corrected chi connectivity index (χ0v) is 15.0. The van der Waals surface area contributed by atoms with E-state index in [9.17, 15) is 9.59 Å². The number of carbonyl (C=O) groups excluding carboxylic acids is 2. The minimum absolute atomic E-state index is 0.109. The number of amides is 2. The highest BCUT2D eigenvalue weighted by Gasteiger charge is 2.10. The first kappa shape index (κ1) is 22.6. The van der Waals surface area contributed by atoms with Gasteiger partial charge in [-0.25, -0.2) is 9.59 Å². The quantitative estimate of drug-likeness (QED) is 0.342. The second-order valence-corrected chi connectivity index (χ2v) is 4.76. The molecule has 0 unspecified atom stereocenters. The Balaban J connectivity index is 3.56. The average molecular weight is 360 g/mol. The Bertz CT molecular complexity index is 368. The summed E-state index contributed by atoms with van der Waals surface area (Å²) in [7, 11) is 3.21. The molecule has 0 aromatic carbocycles. The third-order valence-corrected chi connectivity index (χ3v) is 2.85. The minimum atomic E-state index is -0.467. The van der Waals surface area contributed by atoms with Crippen molar-refractivity contribution in [2.75, 3.05) is 66.8 Å². The molecule has 0 atom stereocenters. The van der Waals surface area contributed by atoms with Gasteiger partial charge in [-0.05, 0) is 0 Å². The van der Waals surface area contributed by atoms with Crippen molar-refractivity contribution in [3.05, 3.63) is 25.7 Å². The summed E-state index contributed by atoms with van der Waals surface area (Å²) in [5, 5.41) is 0. The number of rotatable bonds is 14. The number of likely N-dealkylation sites (N-methyl/N-ethyl adjacent to an activating group) is 2. The van der Waals surface area contributed by atoms with E-state index in [2.05, 4.69) is 13.2 Å². The Hall–Kier alpha value is -2.42. The molecule has 9 nitrogen and oxygen atoms in total. The molecule has 0 heterocycles. The van der Waals surface area contributed by atoms with E-state index in [0.29, 0.717) is 26.3 Å². The van der Waals surface area contributed by atoms with Gasteiger partial charge in [0.1, 0.15) is 26.4 Å². The fraction of sp³-hybridized carbons (Fsp3) is 0.625. The fourth-order valence-corrected chi connectivity index (χ4v) is 1.43. The molecule has 0 aromatic heterocycles. The van der Waals surface area contributed by atoms with E-state index >= 15 is 0 Å². The van der Waals surface area contributed by atoms with Crippen molar-refractivity contribution >= 4 is 12.2 Å². The van der Waals surface area contributed by atoms with Gasteiger partial charge in [-0.15, -0.1) is 0 Å². The molecule has 0 fully saturated rings. The Kier molecular flexibility index (Phi) is 13.7. The van der Waals surface area contributed by atoms with Crippen LogP contribution in [0.3, 0.4) is 0 Å². The van der Waals surface area contributed by atoms with Crippen molar-refractivity contribution in [1.29, 1.82) is 0 Å². The van der Waals surface area contributed by atoms with Crippen molar-refractivity contribution < 1.29 is 33.3 Å². The maximum absolute atomic E-state index is 11.6. The lowest BCUT2D eigenvalue weighted by molar-refractivity contribution is 0.0306. The van der Waals surface area contributed by atoms with Crippen molar-refractivity contribution in [3.8, 4) is 0 Å². The molecule has 9 heteroatoms. The molecule has 0 aliphatic carbocycles. The van der Waals surface area contributed by atoms with Gasteiger partial charge in [0.15, 0.2) is 0 Å². The number of hydrogen-bond acceptors (Lipinski definition) is 7. The van der Waals surface area contributed by atoms with Crippen LogP contribution < -0.4 is 0 Å². The molecule has 0 saturated heterocycles. The van der Waals surface area contributed by atoms with Crippen LogP contribution >= 0.6 is 0 Å². The summed E-state index contributed by atoms with van der Waals surface area (Å²) in [6, 6.07) is 0. The van der Waals surface area contributed by atoms with Gasteiger partial charge in [0.25, 0.3) is 0 Å². The Morgan fingerprint density at radius 2 is 1.16 bits per heavy atom. The maximum Gasteiger partial charge on any atom is 0.409 e. The molecular weight excluding hydrogens is 332 g/mol. The van der Waals surface area contributed by atoms with Crippen LogP contribution in [-0.2, 0) is 23.7 Å². The zero-order valence-electron chi connectivity index (χ0n) is 15.0. The van der Waals surface area contributed by atoms with E-state index in [0.717, 1.165) is 0 Å². The highest BCUT2D eigenvalue weighted by atomic mass is 16.6. The number of hydrogen-bond donors (Lipinski definition) is 0. The van der Waals surface area contributed by atoms with Crippen molar-refractivity contribution in [1.82, 2.24) is 9.80 Å². The standard InChI is InChI=1S/C16H28N2O7/c1-5-21-9-7-17(3)15(19)24-13-11-23-12-14-25-16(20)18(4)8-10-22-6-2/h5-6H,1-2,7-14H2,3-4H3. The molecule has 0 radical (unpaired) electrons. The van der Waals surface area contributed by atoms with Gasteiger partial charge in [-0.1, -0.05) is 13.2 Å². The van der Waals surface area contributed by atoms with Gasteiger partial charge in [0, 0.05) is 14.1 Å². The highest BCUT2D eigenvalue weighted by Crippen LogP contribution is 1.93. The summed E-state index contributed by atoms with van der Waals surface area (Å²) in [6.07, 6.45) is 1.69. The van der Waals surface area contributed by atoms with Gasteiger partial charge in [-0.2, -0.15) is 0 Å². The third kappa shape index (κ3) is 12.6. The monoisotopic (exact) mass is 360 g/mol. The zero-order chi connectivity index (χ0) is 18.9. The number of ether oxygens (including phenoxy) is 5. The van der Waals surface area contributed by atoms with Gasteiger partial charge >= 0.3 is 12.2 Å². The fourth-order valence-electron chi connectivity index (χ4n) is 1.43. The summed E-state index contributed by atoms with van der Waals surface area (Å²) in [4.78, 5) is 25.9. The molecule has 25 heavy (non-hydrogen) atoms. The van der Waals surface area contributed by atoms with E-state index in [4.69, 9.17) is 23.7 Å². The van der Waals surface area contributed by atoms with E-state index < -0.39 is 12.2 Å². The van der Waals surface area contributed by atoms with Crippen molar-refractivity contribution in [3.63, 3.8) is 0 Å². The first-order valence-corrected chi connectivity index (χ1v) is 7.81. The van der Waals surface area contributed by atoms with E-state index in [1.165, 1.54) is 22.3 Å². The normalized spacial score (nSPS) is 9.68. The van der Waals surface area contributed by atoms with Crippen LogP contribution in [0.15, 0.2) is 25.7 Å². The maximum atomic E-state index is 11.6. The predicted molar refractivity (Wildman–Crippen MR) is 91.1 cm³/mol. The number of nitrogens with zero attached hydrogens (tertiary/aromatic N) is 2. The van der Waals surface area contributed by atoms with Gasteiger partial charge in [-0.3, -0.25) is 0 Å². The highest BCUT2D eigenvalue weighted by molar-refractivity contribution is 5.67. The molecule has 0 bridgehead atoms. The Labute approximate surface area is 148 Å². The molecule has 0 N–H and O–H groups in total. The van der Waals surface area contributed by atoms with Crippen LogP contribution in [0.4, 0.5) is 9.59 Å². The molecule has 0 aromatic rings. The molecule has 0 rings (SSSR count). The summed E-state index contributed by atoms with van der Waals surface area (Å²) in [6.45, 7) is 8.95. The van der Waals surface area contributed by atoms with Crippen LogP contribution in [0.5, 0.6) is 0 Å². The Morgan fingerprint density at radius 3 is 1.52 bits per heavy atom. The third-order valence-electron chi connectivity index (χ3n) is 2.85. The lowest BCUT2D eigenvalue weighted by Crippen LogP contribution is -2.32. The number of carbonyl (C=O) groups is 2. The smallest absolute Gasteiger partial charge is 0.409 e. The molecular formula is C16H28N2O7. The lowest BCUT2D eigenvalue weighted by Gasteiger charge is -2.17. The lowest BCUT2D eigenvalue weighted by atomic mass is 10.6. The summed E-state index contributed by atoms with van der Waals surface area (Å²) in [5.74, 6) is 0. The second-order valence-electron chi connectivity index (χ2n) is 4.76. The van der Waals surface area contributed by atoms with Gasteiger partial charge in [0.2, 0.25) is 0 Å². The SMILES string of the molecule is C=COCCN(C)C(=O)OCCOCCOC(=O)N(C)CCOC=C. The minimum Gasteiger partial charge on any atom is -0.500 e. The molecule has 144 valence electrons. The predicted octanol–water partition coefficient (Wildman–Crippen LogP) is 1.46. The van der Waals surface area contributed by atoms with Crippen LogP contribution in [-0.4, -0.2) is 88.8 Å². The Morgan fingerprint density at radius 1 is 0.760 bits per heavy atom. The van der Waals surface area contributed by atoms with Crippen LogP contribution in [0, 0.1) is 0 Å². The van der Waals surface area contributed by atoms with Crippen LogP contribution in [0.2, 0.25) is 0 Å². The van der Waals surface area contributed by atoms with Crippen molar-refractivity contribution in [2.45, 2.75) is 0 Å². The second kappa shape index (κ2) is 15.1. The van der Waals surface area contributed by atoms with E-state index in [1.54, 1.807) is 14.1 Å². The first-order chi connectivity index (χ1) is 12.0. The molecule has 0 aliphatic rings. The van der Waals surface area contributed by atoms with E-state index in [-0.39, 0.29) is 26.4 Å². The van der Waals surface area contributed by atoms with Crippen LogP contribution in [0.1, 0.15) is 0 Å². The average Bonchev–Trinajstić information content (AvgIpc) is 2.60. The van der Waals surface area contributed by atoms with Gasteiger partial charge in [0.05, 0.1) is 38.8 Å². The summed E-state index contributed by atoms with van der Waals surface area (Å²) in [5.41, 5.74) is 0. The molecule has 2 amide bonds.